The molecule has 118 valence electrons. The number of alkyl halides is 2. The predicted molar refractivity (Wildman–Crippen MR) is 71.9 cm³/mol. The van der Waals surface area contributed by atoms with Crippen LogP contribution in [0, 0.1) is 5.82 Å². The molecule has 1 aromatic carbocycles. The summed E-state index contributed by atoms with van der Waals surface area (Å²) in [4.78, 5) is 11.7. The fourth-order valence-corrected chi connectivity index (χ4v) is 1.67. The van der Waals surface area contributed by atoms with Gasteiger partial charge in [0.1, 0.15) is 5.82 Å². The molecule has 0 unspecified atom stereocenters. The van der Waals surface area contributed by atoms with Crippen LogP contribution in [0.5, 0.6) is 0 Å². The minimum atomic E-state index is -3.17. The van der Waals surface area contributed by atoms with E-state index in [1.54, 1.807) is 12.1 Å². The molecule has 0 aliphatic rings. The first-order chi connectivity index (χ1) is 10.4. The number of nitrogens with one attached hydrogen (secondary N) is 1. The van der Waals surface area contributed by atoms with Crippen LogP contribution >= 0.6 is 0 Å². The minimum absolute atomic E-state index is 0.107. The Balaban J connectivity index is 1.97. The lowest BCUT2D eigenvalue weighted by Gasteiger charge is -2.13. The van der Waals surface area contributed by atoms with Gasteiger partial charge in [0.2, 0.25) is 0 Å². The number of amides is 1. The third-order valence-corrected chi connectivity index (χ3v) is 2.81. The molecular formula is C13H14F3N5O. The molecule has 0 aliphatic heterocycles. The lowest BCUT2D eigenvalue weighted by atomic mass is 10.2. The van der Waals surface area contributed by atoms with Crippen LogP contribution in [0.4, 0.5) is 13.2 Å². The first-order valence-electron chi connectivity index (χ1n) is 6.40. The highest BCUT2D eigenvalue weighted by Gasteiger charge is 2.27. The number of hydrogen-bond acceptors (Lipinski definition) is 4. The highest BCUT2D eigenvalue weighted by molar-refractivity contribution is 5.91. The molecule has 0 atom stereocenters. The fraction of sp³-hybridized carbons (Fsp3) is 0.308. The number of carbonyl (C=O) groups is 1. The molecule has 0 fully saturated rings. The van der Waals surface area contributed by atoms with Crippen LogP contribution in [-0.4, -0.2) is 39.9 Å². The molecule has 0 saturated carbocycles. The summed E-state index contributed by atoms with van der Waals surface area (Å²) >= 11 is 0. The molecule has 0 aliphatic carbocycles. The van der Waals surface area contributed by atoms with Crippen molar-refractivity contribution >= 4 is 5.91 Å². The molecule has 1 amide bonds. The summed E-state index contributed by atoms with van der Waals surface area (Å²) in [7, 11) is 0. The van der Waals surface area contributed by atoms with Crippen molar-refractivity contribution in [2.45, 2.75) is 12.5 Å². The van der Waals surface area contributed by atoms with Crippen LogP contribution in [-0.2, 0) is 6.54 Å². The second kappa shape index (κ2) is 6.56. The third-order valence-electron chi connectivity index (χ3n) is 2.81. The smallest absolute Gasteiger partial charge is 0.277 e. The topological polar surface area (TPSA) is 85.8 Å². The van der Waals surface area contributed by atoms with Gasteiger partial charge in [0.25, 0.3) is 11.8 Å². The molecule has 6 nitrogen and oxygen atoms in total. The van der Waals surface area contributed by atoms with E-state index in [1.165, 1.54) is 23.0 Å². The first kappa shape index (κ1) is 16.0. The SMILES string of the molecule is NCC(F)(F)CNC(=O)c1cn(Cc2cccc(F)c2)nn1. The van der Waals surface area contributed by atoms with E-state index in [9.17, 15) is 18.0 Å². The van der Waals surface area contributed by atoms with Gasteiger partial charge in [-0.25, -0.2) is 17.9 Å². The molecule has 22 heavy (non-hydrogen) atoms. The van der Waals surface area contributed by atoms with Gasteiger partial charge in [-0.15, -0.1) is 5.10 Å². The second-order valence-electron chi connectivity index (χ2n) is 4.67. The zero-order chi connectivity index (χ0) is 16.2. The Kier molecular flexibility index (Phi) is 4.76. The van der Waals surface area contributed by atoms with Crippen LogP contribution in [0.1, 0.15) is 16.1 Å². The number of halogens is 3. The average molecular weight is 313 g/mol. The summed E-state index contributed by atoms with van der Waals surface area (Å²) in [6.07, 6.45) is 1.29. The summed E-state index contributed by atoms with van der Waals surface area (Å²) in [5.41, 5.74) is 5.39. The third kappa shape index (κ3) is 4.29. The van der Waals surface area contributed by atoms with Crippen molar-refractivity contribution in [1.82, 2.24) is 20.3 Å². The van der Waals surface area contributed by atoms with Gasteiger partial charge in [-0.1, -0.05) is 17.3 Å². The summed E-state index contributed by atoms with van der Waals surface area (Å²) in [6, 6.07) is 5.86. The van der Waals surface area contributed by atoms with E-state index in [2.05, 4.69) is 10.3 Å². The van der Waals surface area contributed by atoms with Gasteiger partial charge in [-0.05, 0) is 17.7 Å². The van der Waals surface area contributed by atoms with Crippen molar-refractivity contribution in [3.05, 3.63) is 47.5 Å². The highest BCUT2D eigenvalue weighted by atomic mass is 19.3. The van der Waals surface area contributed by atoms with E-state index in [-0.39, 0.29) is 18.1 Å². The number of hydrogen-bond donors (Lipinski definition) is 2. The zero-order valence-corrected chi connectivity index (χ0v) is 11.5. The van der Waals surface area contributed by atoms with Gasteiger partial charge in [0, 0.05) is 0 Å². The van der Waals surface area contributed by atoms with Gasteiger partial charge in [-0.3, -0.25) is 4.79 Å². The average Bonchev–Trinajstić information content (AvgIpc) is 2.93. The predicted octanol–water partition coefficient (Wildman–Crippen LogP) is 0.789. The van der Waals surface area contributed by atoms with E-state index in [4.69, 9.17) is 5.73 Å². The van der Waals surface area contributed by atoms with Crippen molar-refractivity contribution in [3.63, 3.8) is 0 Å². The number of aromatic nitrogens is 3. The Morgan fingerprint density at radius 1 is 1.41 bits per heavy atom. The number of nitrogens with two attached hydrogens (primary N) is 1. The fourth-order valence-electron chi connectivity index (χ4n) is 1.67. The molecule has 0 bridgehead atoms. The molecule has 1 heterocycles. The van der Waals surface area contributed by atoms with Crippen LogP contribution in [0.2, 0.25) is 0 Å². The van der Waals surface area contributed by atoms with E-state index in [0.717, 1.165) is 0 Å². The van der Waals surface area contributed by atoms with Gasteiger partial charge < -0.3 is 11.1 Å². The first-order valence-corrected chi connectivity index (χ1v) is 6.40. The summed E-state index contributed by atoms with van der Waals surface area (Å²) < 4.78 is 40.3. The van der Waals surface area contributed by atoms with Gasteiger partial charge in [0.05, 0.1) is 25.8 Å². The molecule has 2 aromatic rings. The Hall–Kier alpha value is -2.42. The Bertz CT molecular complexity index is 659. The number of benzene rings is 1. The standard InChI is InChI=1S/C13H14F3N5O/c14-10-3-1-2-9(4-10)5-21-6-11(19-20-21)12(22)18-8-13(15,16)7-17/h1-4,6H,5,7-8,17H2,(H,18,22). The molecule has 1 aromatic heterocycles. The molecule has 3 N–H and O–H groups in total. The molecule has 9 heteroatoms. The normalized spacial score (nSPS) is 11.5. The lowest BCUT2D eigenvalue weighted by Crippen LogP contribution is -2.41. The number of nitrogens with zero attached hydrogens (tertiary/aromatic N) is 3. The van der Waals surface area contributed by atoms with E-state index >= 15 is 0 Å². The largest absolute Gasteiger partial charge is 0.344 e. The quantitative estimate of drug-likeness (QED) is 0.825. The molecule has 0 radical (unpaired) electrons. The maximum atomic E-state index is 13.1. The maximum absolute atomic E-state index is 13.1. The minimum Gasteiger partial charge on any atom is -0.344 e. The van der Waals surface area contributed by atoms with Crippen molar-refractivity contribution in [3.8, 4) is 0 Å². The van der Waals surface area contributed by atoms with Gasteiger partial charge >= 0.3 is 0 Å². The summed E-state index contributed by atoms with van der Waals surface area (Å²) in [5.74, 6) is -4.34. The Labute approximate surface area is 124 Å². The highest BCUT2D eigenvalue weighted by Crippen LogP contribution is 2.09. The molecule has 0 spiro atoms. The second-order valence-corrected chi connectivity index (χ2v) is 4.67. The molecule has 2 rings (SSSR count). The molecular weight excluding hydrogens is 299 g/mol. The van der Waals surface area contributed by atoms with E-state index in [0.29, 0.717) is 5.56 Å². The summed E-state index contributed by atoms with van der Waals surface area (Å²) in [6.45, 7) is -1.53. The number of carbonyl (C=O) groups excluding carboxylic acids is 1. The summed E-state index contributed by atoms with van der Waals surface area (Å²) in [5, 5.41) is 9.32. The van der Waals surface area contributed by atoms with Gasteiger partial charge in [0.15, 0.2) is 5.69 Å². The monoisotopic (exact) mass is 313 g/mol. The Morgan fingerprint density at radius 2 is 2.18 bits per heavy atom. The van der Waals surface area contributed by atoms with Crippen LogP contribution in [0.25, 0.3) is 0 Å². The number of rotatable bonds is 6. The van der Waals surface area contributed by atoms with Crippen LogP contribution in [0.3, 0.4) is 0 Å². The lowest BCUT2D eigenvalue weighted by molar-refractivity contribution is 0.0118. The van der Waals surface area contributed by atoms with Crippen molar-refractivity contribution in [2.75, 3.05) is 13.1 Å². The van der Waals surface area contributed by atoms with Crippen molar-refractivity contribution in [2.24, 2.45) is 5.73 Å². The van der Waals surface area contributed by atoms with E-state index in [1.807, 2.05) is 5.32 Å². The van der Waals surface area contributed by atoms with Crippen LogP contribution in [0.15, 0.2) is 30.5 Å². The van der Waals surface area contributed by atoms with Crippen molar-refractivity contribution in [1.29, 1.82) is 0 Å². The van der Waals surface area contributed by atoms with E-state index < -0.39 is 24.9 Å². The zero-order valence-electron chi connectivity index (χ0n) is 11.5. The molecule has 0 saturated heterocycles. The maximum Gasteiger partial charge on any atom is 0.277 e. The Morgan fingerprint density at radius 3 is 2.86 bits per heavy atom. The van der Waals surface area contributed by atoms with Gasteiger partial charge in [-0.2, -0.15) is 0 Å². The van der Waals surface area contributed by atoms with Crippen LogP contribution < -0.4 is 11.1 Å². The van der Waals surface area contributed by atoms with Crippen molar-refractivity contribution < 1.29 is 18.0 Å².